The molecule has 0 aromatic heterocycles. The summed E-state index contributed by atoms with van der Waals surface area (Å²) in [5.74, 6) is -1.03. The van der Waals surface area contributed by atoms with Crippen LogP contribution in [0.4, 0.5) is 0 Å². The molecule has 0 aliphatic rings. The van der Waals surface area contributed by atoms with Crippen molar-refractivity contribution in [2.24, 2.45) is 0 Å². The van der Waals surface area contributed by atoms with E-state index in [4.69, 9.17) is 0 Å². The van der Waals surface area contributed by atoms with E-state index < -0.39 is 5.95 Å². The standard InChI is InChI=1S/C11H25PSe/c1-9(2)12(13,10(3,4)5)11(6,7)8/h9H,1-8H3/q+1. The molecule has 0 N–H and O–H groups in total. The molecule has 0 saturated heterocycles. The first-order chi connectivity index (χ1) is 5.44. The Labute approximate surface area is 93.0 Å². The van der Waals surface area contributed by atoms with Crippen LogP contribution in [0.5, 0.6) is 0 Å². The Morgan fingerprint density at radius 2 is 1.08 bits per heavy atom. The van der Waals surface area contributed by atoms with Gasteiger partial charge in [0.05, 0.1) is 0 Å². The molecule has 0 unspecified atom stereocenters. The molecule has 79 valence electrons. The van der Waals surface area contributed by atoms with Crippen molar-refractivity contribution in [1.29, 1.82) is 0 Å². The maximum atomic E-state index is 3.58. The summed E-state index contributed by atoms with van der Waals surface area (Å²) in [6.07, 6.45) is 0. The predicted octanol–water partition coefficient (Wildman–Crippen LogP) is 4.09. The van der Waals surface area contributed by atoms with Gasteiger partial charge in [-0.25, -0.2) is 0 Å². The van der Waals surface area contributed by atoms with Crippen LogP contribution in [0.25, 0.3) is 0 Å². The average molecular weight is 267 g/mol. The van der Waals surface area contributed by atoms with E-state index in [1.54, 1.807) is 0 Å². The van der Waals surface area contributed by atoms with Gasteiger partial charge in [-0.05, 0) is 0 Å². The first-order valence-electron chi connectivity index (χ1n) is 5.04. The Morgan fingerprint density at radius 3 is 1.08 bits per heavy atom. The van der Waals surface area contributed by atoms with Crippen LogP contribution in [0.1, 0.15) is 55.4 Å². The van der Waals surface area contributed by atoms with E-state index >= 15 is 0 Å². The molecule has 2 heteroatoms. The molecule has 13 heavy (non-hydrogen) atoms. The summed E-state index contributed by atoms with van der Waals surface area (Å²) in [4.78, 5) is 0. The zero-order valence-corrected chi connectivity index (χ0v) is 13.0. The van der Waals surface area contributed by atoms with E-state index in [0.717, 1.165) is 5.66 Å². The monoisotopic (exact) mass is 268 g/mol. The summed E-state index contributed by atoms with van der Waals surface area (Å²) >= 11 is 3.58. The van der Waals surface area contributed by atoms with Crippen LogP contribution in [0.15, 0.2) is 0 Å². The van der Waals surface area contributed by atoms with Crippen molar-refractivity contribution in [3.8, 4) is 0 Å². The first kappa shape index (κ1) is 13.9. The molecule has 0 aliphatic carbocycles. The van der Waals surface area contributed by atoms with Gasteiger partial charge in [0.15, 0.2) is 0 Å². The van der Waals surface area contributed by atoms with Gasteiger partial charge in [-0.2, -0.15) is 0 Å². The molecule has 1 radical (unpaired) electrons. The molecule has 0 bridgehead atoms. The van der Waals surface area contributed by atoms with Crippen molar-refractivity contribution in [3.05, 3.63) is 0 Å². The van der Waals surface area contributed by atoms with E-state index in [0.29, 0.717) is 10.3 Å². The number of hydrogen-bond acceptors (Lipinski definition) is 0. The fourth-order valence-corrected chi connectivity index (χ4v) is 7.67. The molecule has 0 amide bonds. The Hall–Kier alpha value is 0.949. The Morgan fingerprint density at radius 1 is 0.846 bits per heavy atom. The molecule has 0 fully saturated rings. The molecule has 0 aromatic carbocycles. The minimum atomic E-state index is -1.03. The molecule has 0 spiro atoms. The van der Waals surface area contributed by atoms with Gasteiger partial charge in [0.2, 0.25) is 0 Å². The maximum absolute atomic E-state index is 3.58. The van der Waals surface area contributed by atoms with Gasteiger partial charge in [0.1, 0.15) is 0 Å². The van der Waals surface area contributed by atoms with Crippen LogP contribution < -0.4 is 0 Å². The normalized spacial score (nSPS) is 15.2. The molecule has 0 saturated carbocycles. The van der Waals surface area contributed by atoms with Gasteiger partial charge in [0, 0.05) is 0 Å². The quantitative estimate of drug-likeness (QED) is 0.496. The van der Waals surface area contributed by atoms with Crippen molar-refractivity contribution in [2.75, 3.05) is 0 Å². The van der Waals surface area contributed by atoms with Gasteiger partial charge in [-0.3, -0.25) is 0 Å². The average Bonchev–Trinajstić information content (AvgIpc) is 1.80. The molecule has 0 aromatic rings. The van der Waals surface area contributed by atoms with Crippen LogP contribution in [-0.2, 0) is 0 Å². The molecule has 0 heterocycles. The van der Waals surface area contributed by atoms with Crippen LogP contribution in [-0.4, -0.2) is 31.5 Å². The summed E-state index contributed by atoms with van der Waals surface area (Å²) in [6, 6.07) is 0. The second kappa shape index (κ2) is 3.84. The third-order valence-corrected chi connectivity index (χ3v) is 17.7. The van der Waals surface area contributed by atoms with Crippen LogP contribution in [0, 0.1) is 0 Å². The van der Waals surface area contributed by atoms with E-state index in [1.165, 1.54) is 0 Å². The van der Waals surface area contributed by atoms with Crippen molar-refractivity contribution in [3.63, 3.8) is 0 Å². The molecular formula is C11H25PSe+. The van der Waals surface area contributed by atoms with Crippen molar-refractivity contribution >= 4 is 21.5 Å². The number of rotatable bonds is 1. The first-order valence-corrected chi connectivity index (χ1v) is 9.12. The zero-order valence-electron chi connectivity index (χ0n) is 10.4. The SMILES string of the molecule is CC(C)[P+]([Se])(C(C)(C)C)C(C)(C)C. The molecule has 0 aliphatic heterocycles. The van der Waals surface area contributed by atoms with Crippen molar-refractivity contribution in [1.82, 2.24) is 0 Å². The van der Waals surface area contributed by atoms with E-state index in [9.17, 15) is 0 Å². The van der Waals surface area contributed by atoms with E-state index in [2.05, 4.69) is 71.0 Å². The van der Waals surface area contributed by atoms with Crippen LogP contribution >= 0.6 is 5.95 Å². The Kier molecular flexibility index (Phi) is 4.12. The van der Waals surface area contributed by atoms with Gasteiger partial charge >= 0.3 is 92.9 Å². The molecule has 0 rings (SSSR count). The molecular weight excluding hydrogens is 242 g/mol. The van der Waals surface area contributed by atoms with Gasteiger partial charge in [-0.15, -0.1) is 0 Å². The van der Waals surface area contributed by atoms with Gasteiger partial charge in [-0.1, -0.05) is 0 Å². The zero-order chi connectivity index (χ0) is 11.1. The van der Waals surface area contributed by atoms with Gasteiger partial charge in [0.25, 0.3) is 0 Å². The van der Waals surface area contributed by atoms with Crippen LogP contribution in [0.2, 0.25) is 0 Å². The molecule has 0 atom stereocenters. The van der Waals surface area contributed by atoms with Crippen LogP contribution in [0.3, 0.4) is 0 Å². The Bertz CT molecular complexity index is 158. The summed E-state index contributed by atoms with van der Waals surface area (Å²) < 4.78 is 0. The molecule has 0 nitrogen and oxygen atoms in total. The van der Waals surface area contributed by atoms with Gasteiger partial charge < -0.3 is 0 Å². The Balaban J connectivity index is 5.22. The fourth-order valence-electron chi connectivity index (χ4n) is 2.56. The van der Waals surface area contributed by atoms with E-state index in [1.807, 2.05) is 0 Å². The van der Waals surface area contributed by atoms with Crippen molar-refractivity contribution in [2.45, 2.75) is 71.4 Å². The second-order valence-electron chi connectivity index (χ2n) is 6.09. The predicted molar refractivity (Wildman–Crippen MR) is 67.3 cm³/mol. The summed E-state index contributed by atoms with van der Waals surface area (Å²) in [7, 11) is 0. The second-order valence-corrected chi connectivity index (χ2v) is 14.8. The summed E-state index contributed by atoms with van der Waals surface area (Å²) in [6.45, 7) is 19.0. The number of hydrogen-bond donors (Lipinski definition) is 0. The minimum absolute atomic E-state index is 0.416. The topological polar surface area (TPSA) is 0 Å². The third-order valence-electron chi connectivity index (χ3n) is 2.72. The summed E-state index contributed by atoms with van der Waals surface area (Å²) in [5, 5.41) is 0.832. The third kappa shape index (κ3) is 2.49. The van der Waals surface area contributed by atoms with Crippen molar-refractivity contribution < 1.29 is 0 Å². The van der Waals surface area contributed by atoms with E-state index in [-0.39, 0.29) is 0 Å². The summed E-state index contributed by atoms with van der Waals surface area (Å²) in [5.41, 5.74) is 0.771. The fraction of sp³-hybridized carbons (Fsp3) is 1.00.